The van der Waals surface area contributed by atoms with Crippen molar-refractivity contribution in [1.29, 1.82) is 0 Å². The number of benzene rings is 3. The first-order valence-corrected chi connectivity index (χ1v) is 10.9. The van der Waals surface area contributed by atoms with Crippen LogP contribution in [-0.2, 0) is 6.61 Å². The highest BCUT2D eigenvalue weighted by molar-refractivity contribution is 6.06. The summed E-state index contributed by atoms with van der Waals surface area (Å²) >= 11 is 0. The van der Waals surface area contributed by atoms with Gasteiger partial charge < -0.3 is 24.6 Å². The van der Waals surface area contributed by atoms with E-state index in [2.05, 4.69) is 15.8 Å². The largest absolute Gasteiger partial charge is 0.493 e. The number of nitrogens with one attached hydrogen (secondary N) is 2. The van der Waals surface area contributed by atoms with Gasteiger partial charge in [-0.15, -0.1) is 0 Å². The Morgan fingerprint density at radius 1 is 0.829 bits per heavy atom. The molecule has 3 aromatic carbocycles. The molecule has 1 aromatic heterocycles. The summed E-state index contributed by atoms with van der Waals surface area (Å²) in [4.78, 5) is 25.3. The van der Waals surface area contributed by atoms with E-state index in [0.717, 1.165) is 11.3 Å². The molecule has 2 amide bonds. The molecular formula is C27H25N3O5. The monoisotopic (exact) mass is 471 g/mol. The average molecular weight is 472 g/mol. The van der Waals surface area contributed by atoms with Crippen LogP contribution in [0, 0.1) is 13.8 Å². The maximum atomic E-state index is 12.9. The van der Waals surface area contributed by atoms with Gasteiger partial charge in [0.25, 0.3) is 11.8 Å². The predicted molar refractivity (Wildman–Crippen MR) is 132 cm³/mol. The third-order valence-electron chi connectivity index (χ3n) is 5.39. The number of anilines is 2. The van der Waals surface area contributed by atoms with Crippen LogP contribution in [0.25, 0.3) is 0 Å². The van der Waals surface area contributed by atoms with E-state index in [1.807, 2.05) is 19.9 Å². The van der Waals surface area contributed by atoms with Crippen LogP contribution < -0.4 is 20.1 Å². The summed E-state index contributed by atoms with van der Waals surface area (Å²) in [5, 5.41) is 9.60. The zero-order chi connectivity index (χ0) is 24.8. The first kappa shape index (κ1) is 23.6. The molecule has 0 saturated carbocycles. The Kier molecular flexibility index (Phi) is 7.11. The van der Waals surface area contributed by atoms with Crippen molar-refractivity contribution in [2.24, 2.45) is 0 Å². The third kappa shape index (κ3) is 5.67. The van der Waals surface area contributed by atoms with E-state index in [1.54, 1.807) is 66.7 Å². The topological polar surface area (TPSA) is 103 Å². The van der Waals surface area contributed by atoms with Gasteiger partial charge in [0.2, 0.25) is 0 Å². The lowest BCUT2D eigenvalue weighted by Gasteiger charge is -2.13. The van der Waals surface area contributed by atoms with Gasteiger partial charge in [0.1, 0.15) is 12.4 Å². The Morgan fingerprint density at radius 2 is 1.51 bits per heavy atom. The van der Waals surface area contributed by atoms with Gasteiger partial charge in [-0.2, -0.15) is 0 Å². The molecule has 8 nitrogen and oxygen atoms in total. The maximum absolute atomic E-state index is 12.9. The fourth-order valence-electron chi connectivity index (χ4n) is 3.46. The van der Waals surface area contributed by atoms with Gasteiger partial charge in [-0.3, -0.25) is 9.59 Å². The van der Waals surface area contributed by atoms with E-state index in [4.69, 9.17) is 14.0 Å². The first-order valence-electron chi connectivity index (χ1n) is 10.9. The quantitative estimate of drug-likeness (QED) is 0.358. The Bertz CT molecular complexity index is 1330. The van der Waals surface area contributed by atoms with Crippen LogP contribution in [0.5, 0.6) is 11.5 Å². The Labute approximate surface area is 202 Å². The third-order valence-corrected chi connectivity index (χ3v) is 5.39. The highest BCUT2D eigenvalue weighted by Crippen LogP contribution is 2.30. The van der Waals surface area contributed by atoms with Crippen molar-refractivity contribution in [3.05, 3.63) is 101 Å². The molecule has 178 valence electrons. The van der Waals surface area contributed by atoms with Crippen molar-refractivity contribution in [3.8, 4) is 11.5 Å². The number of hydrogen-bond acceptors (Lipinski definition) is 6. The second-order valence-electron chi connectivity index (χ2n) is 7.81. The van der Waals surface area contributed by atoms with Gasteiger partial charge in [-0.05, 0) is 62.4 Å². The molecule has 0 bridgehead atoms. The van der Waals surface area contributed by atoms with Crippen molar-refractivity contribution >= 4 is 23.2 Å². The van der Waals surface area contributed by atoms with E-state index in [0.29, 0.717) is 39.8 Å². The van der Waals surface area contributed by atoms with Gasteiger partial charge >= 0.3 is 0 Å². The number of aryl methyl sites for hydroxylation is 2. The molecule has 2 N–H and O–H groups in total. The molecule has 0 atom stereocenters. The standard InChI is InChI=1S/C27H25N3O5/c1-17-23(18(2)35-30-17)16-34-24-13-12-20(14-25(24)33-3)27(32)29-22-11-7-10-21(15-22)28-26(31)19-8-5-4-6-9-19/h4-15H,16H2,1-3H3,(H,28,31)(H,29,32). The number of methoxy groups -OCH3 is 1. The van der Waals surface area contributed by atoms with Crippen molar-refractivity contribution in [1.82, 2.24) is 5.16 Å². The molecular weight excluding hydrogens is 446 g/mol. The zero-order valence-corrected chi connectivity index (χ0v) is 19.6. The van der Waals surface area contributed by atoms with Crippen LogP contribution in [0.15, 0.2) is 77.3 Å². The van der Waals surface area contributed by atoms with Gasteiger partial charge in [0.15, 0.2) is 11.5 Å². The van der Waals surface area contributed by atoms with Crippen molar-refractivity contribution < 1.29 is 23.6 Å². The second-order valence-corrected chi connectivity index (χ2v) is 7.81. The molecule has 4 aromatic rings. The van der Waals surface area contributed by atoms with Crippen molar-refractivity contribution in [2.75, 3.05) is 17.7 Å². The average Bonchev–Trinajstić information content (AvgIpc) is 3.20. The van der Waals surface area contributed by atoms with Gasteiger partial charge in [-0.1, -0.05) is 29.4 Å². The van der Waals surface area contributed by atoms with E-state index in [1.165, 1.54) is 7.11 Å². The molecule has 0 spiro atoms. The lowest BCUT2D eigenvalue weighted by atomic mass is 10.1. The molecule has 35 heavy (non-hydrogen) atoms. The van der Waals surface area contributed by atoms with Crippen LogP contribution in [0.1, 0.15) is 37.7 Å². The number of hydrogen-bond donors (Lipinski definition) is 2. The van der Waals surface area contributed by atoms with Crippen LogP contribution in [0.4, 0.5) is 11.4 Å². The molecule has 0 aliphatic heterocycles. The highest BCUT2D eigenvalue weighted by Gasteiger charge is 2.15. The Hall–Kier alpha value is -4.59. The van der Waals surface area contributed by atoms with E-state index in [-0.39, 0.29) is 18.4 Å². The second kappa shape index (κ2) is 10.6. The summed E-state index contributed by atoms with van der Waals surface area (Å²) in [5.74, 6) is 1.06. The molecule has 0 radical (unpaired) electrons. The van der Waals surface area contributed by atoms with E-state index < -0.39 is 0 Å². The normalized spacial score (nSPS) is 10.5. The van der Waals surface area contributed by atoms with Gasteiger partial charge in [-0.25, -0.2) is 0 Å². The minimum absolute atomic E-state index is 0.231. The molecule has 4 rings (SSSR count). The summed E-state index contributed by atoms with van der Waals surface area (Å²) in [6, 6.07) is 20.8. The molecule has 0 unspecified atom stereocenters. The van der Waals surface area contributed by atoms with Crippen molar-refractivity contribution in [3.63, 3.8) is 0 Å². The summed E-state index contributed by atoms with van der Waals surface area (Å²) in [6.45, 7) is 3.94. The number of aromatic nitrogens is 1. The molecule has 0 aliphatic carbocycles. The van der Waals surface area contributed by atoms with Gasteiger partial charge in [0.05, 0.1) is 18.4 Å². The maximum Gasteiger partial charge on any atom is 0.255 e. The minimum atomic E-state index is -0.327. The predicted octanol–water partition coefficient (Wildman–Crippen LogP) is 5.38. The number of amides is 2. The van der Waals surface area contributed by atoms with E-state index in [9.17, 15) is 9.59 Å². The molecule has 0 aliphatic rings. The Balaban J connectivity index is 1.43. The van der Waals surface area contributed by atoms with Crippen LogP contribution in [0.3, 0.4) is 0 Å². The first-order chi connectivity index (χ1) is 16.9. The number of carbonyl (C=O) groups is 2. The molecule has 0 fully saturated rings. The zero-order valence-electron chi connectivity index (χ0n) is 19.6. The summed E-state index contributed by atoms with van der Waals surface area (Å²) < 4.78 is 16.5. The lowest BCUT2D eigenvalue weighted by Crippen LogP contribution is -2.14. The fourth-order valence-corrected chi connectivity index (χ4v) is 3.46. The minimum Gasteiger partial charge on any atom is -0.493 e. The van der Waals surface area contributed by atoms with E-state index >= 15 is 0 Å². The fraction of sp³-hybridized carbons (Fsp3) is 0.148. The highest BCUT2D eigenvalue weighted by atomic mass is 16.5. The van der Waals surface area contributed by atoms with Crippen LogP contribution in [-0.4, -0.2) is 24.1 Å². The number of nitrogens with zero attached hydrogens (tertiary/aromatic N) is 1. The van der Waals surface area contributed by atoms with Crippen LogP contribution >= 0.6 is 0 Å². The summed E-state index contributed by atoms with van der Waals surface area (Å²) in [7, 11) is 1.51. The molecule has 0 saturated heterocycles. The summed E-state index contributed by atoms with van der Waals surface area (Å²) in [6.07, 6.45) is 0. The van der Waals surface area contributed by atoms with Crippen LogP contribution in [0.2, 0.25) is 0 Å². The molecule has 1 heterocycles. The van der Waals surface area contributed by atoms with Gasteiger partial charge in [0, 0.05) is 22.5 Å². The van der Waals surface area contributed by atoms with Crippen molar-refractivity contribution in [2.45, 2.75) is 20.5 Å². The smallest absolute Gasteiger partial charge is 0.255 e. The molecule has 8 heteroatoms. The number of carbonyl (C=O) groups excluding carboxylic acids is 2. The summed E-state index contributed by atoms with van der Waals surface area (Å²) in [5.41, 5.74) is 3.68. The Morgan fingerprint density at radius 3 is 2.14 bits per heavy atom. The lowest BCUT2D eigenvalue weighted by molar-refractivity contribution is 0.101. The SMILES string of the molecule is COc1cc(C(=O)Nc2cccc(NC(=O)c3ccccc3)c2)ccc1OCc1c(C)noc1C. The number of ether oxygens (including phenoxy) is 2. The number of rotatable bonds is 8.